The molecule has 0 saturated carbocycles. The molecule has 16 heavy (non-hydrogen) atoms. The Kier molecular flexibility index (Phi) is 3.87. The predicted octanol–water partition coefficient (Wildman–Crippen LogP) is 0.142. The lowest BCUT2D eigenvalue weighted by Crippen LogP contribution is -2.21. The quantitative estimate of drug-likeness (QED) is 0.385. The van der Waals surface area contributed by atoms with Crippen molar-refractivity contribution in [2.75, 3.05) is 13.7 Å². The Bertz CT molecular complexity index is 333. The van der Waals surface area contributed by atoms with Crippen LogP contribution in [0.3, 0.4) is 0 Å². The SMILES string of the molecule is C=C(CC(=O)OC1COC(=O)O1)C(=O)OC. The smallest absolute Gasteiger partial charge is 0.466 e. The molecule has 0 spiro atoms. The molecule has 1 unspecified atom stereocenters. The standard InChI is InChI=1S/C9H10O7/c1-5(8(11)13-2)3-6(10)15-7-4-14-9(12)16-7/h7H,1,3-4H2,2H3. The predicted molar refractivity (Wildman–Crippen MR) is 48.1 cm³/mol. The van der Waals surface area contributed by atoms with E-state index in [0.717, 1.165) is 0 Å². The van der Waals surface area contributed by atoms with Gasteiger partial charge < -0.3 is 18.9 Å². The number of carbonyl (C=O) groups excluding carboxylic acids is 3. The fourth-order valence-corrected chi connectivity index (χ4v) is 0.949. The Morgan fingerprint density at radius 2 is 2.25 bits per heavy atom. The van der Waals surface area contributed by atoms with E-state index in [2.05, 4.69) is 25.5 Å². The van der Waals surface area contributed by atoms with Gasteiger partial charge in [0.1, 0.15) is 0 Å². The van der Waals surface area contributed by atoms with Gasteiger partial charge in [-0.1, -0.05) is 6.58 Å². The van der Waals surface area contributed by atoms with E-state index >= 15 is 0 Å². The van der Waals surface area contributed by atoms with Crippen LogP contribution in [0.4, 0.5) is 4.79 Å². The lowest BCUT2D eigenvalue weighted by atomic mass is 10.2. The maximum absolute atomic E-state index is 11.2. The molecular weight excluding hydrogens is 220 g/mol. The highest BCUT2D eigenvalue weighted by Gasteiger charge is 2.28. The minimum absolute atomic E-state index is 0.0438. The first-order chi connectivity index (χ1) is 7.52. The van der Waals surface area contributed by atoms with E-state index in [-0.39, 0.29) is 18.6 Å². The number of esters is 2. The summed E-state index contributed by atoms with van der Waals surface area (Å²) in [4.78, 5) is 32.6. The number of rotatable bonds is 4. The third-order valence-electron chi connectivity index (χ3n) is 1.66. The van der Waals surface area contributed by atoms with Crippen molar-refractivity contribution < 1.29 is 33.3 Å². The number of hydrogen-bond donors (Lipinski definition) is 0. The van der Waals surface area contributed by atoms with Crippen LogP contribution in [0.1, 0.15) is 6.42 Å². The summed E-state index contributed by atoms with van der Waals surface area (Å²) in [5, 5.41) is 0. The average Bonchev–Trinajstić information content (AvgIpc) is 2.62. The van der Waals surface area contributed by atoms with Gasteiger partial charge in [-0.25, -0.2) is 9.59 Å². The van der Waals surface area contributed by atoms with E-state index in [1.165, 1.54) is 7.11 Å². The molecule has 0 bridgehead atoms. The van der Waals surface area contributed by atoms with E-state index in [0.29, 0.717) is 0 Å². The summed E-state index contributed by atoms with van der Waals surface area (Å²) < 4.78 is 17.9. The van der Waals surface area contributed by atoms with E-state index in [1.807, 2.05) is 0 Å². The van der Waals surface area contributed by atoms with E-state index in [1.54, 1.807) is 0 Å². The molecule has 0 aromatic rings. The van der Waals surface area contributed by atoms with Crippen molar-refractivity contribution in [2.24, 2.45) is 0 Å². The molecule has 1 rings (SSSR count). The lowest BCUT2D eigenvalue weighted by molar-refractivity contribution is -0.162. The number of hydrogen-bond acceptors (Lipinski definition) is 7. The molecule has 0 amide bonds. The van der Waals surface area contributed by atoms with Crippen LogP contribution in [0.15, 0.2) is 12.2 Å². The number of methoxy groups -OCH3 is 1. The normalized spacial score (nSPS) is 18.3. The Hall–Kier alpha value is -2.05. The zero-order valence-electron chi connectivity index (χ0n) is 8.56. The van der Waals surface area contributed by atoms with E-state index < -0.39 is 24.4 Å². The highest BCUT2D eigenvalue weighted by molar-refractivity contribution is 5.93. The summed E-state index contributed by atoms with van der Waals surface area (Å²) in [5.74, 6) is -1.45. The van der Waals surface area contributed by atoms with Crippen LogP contribution in [0.2, 0.25) is 0 Å². The van der Waals surface area contributed by atoms with Gasteiger partial charge in [-0.2, -0.15) is 0 Å². The Balaban J connectivity index is 2.33. The van der Waals surface area contributed by atoms with Gasteiger partial charge in [0.05, 0.1) is 13.5 Å². The highest BCUT2D eigenvalue weighted by atomic mass is 16.8. The molecule has 1 saturated heterocycles. The van der Waals surface area contributed by atoms with Crippen LogP contribution < -0.4 is 0 Å². The van der Waals surface area contributed by atoms with Gasteiger partial charge in [-0.15, -0.1) is 0 Å². The third kappa shape index (κ3) is 3.26. The minimum Gasteiger partial charge on any atom is -0.466 e. The molecule has 7 nitrogen and oxygen atoms in total. The molecule has 0 aromatic carbocycles. The summed E-state index contributed by atoms with van der Waals surface area (Å²) in [7, 11) is 1.17. The molecule has 1 atom stereocenters. The van der Waals surface area contributed by atoms with Crippen molar-refractivity contribution in [3.63, 3.8) is 0 Å². The second-order valence-corrected chi connectivity index (χ2v) is 2.87. The van der Waals surface area contributed by atoms with Crippen LogP contribution in [-0.4, -0.2) is 38.1 Å². The van der Waals surface area contributed by atoms with Gasteiger partial charge in [0.2, 0.25) is 0 Å². The molecular formula is C9H10O7. The van der Waals surface area contributed by atoms with E-state index in [4.69, 9.17) is 0 Å². The van der Waals surface area contributed by atoms with Gasteiger partial charge in [0.15, 0.2) is 6.61 Å². The third-order valence-corrected chi connectivity index (χ3v) is 1.66. The fraction of sp³-hybridized carbons (Fsp3) is 0.444. The van der Waals surface area contributed by atoms with Crippen LogP contribution in [0.5, 0.6) is 0 Å². The van der Waals surface area contributed by atoms with Crippen LogP contribution in [0, 0.1) is 0 Å². The summed E-state index contributed by atoms with van der Waals surface area (Å²) in [6.07, 6.45) is -2.30. The minimum atomic E-state index is -1.06. The summed E-state index contributed by atoms with van der Waals surface area (Å²) in [6.45, 7) is 3.18. The molecule has 0 aliphatic carbocycles. The first-order valence-corrected chi connectivity index (χ1v) is 4.32. The molecule has 88 valence electrons. The molecule has 1 heterocycles. The molecule has 0 radical (unpaired) electrons. The second kappa shape index (κ2) is 5.15. The Morgan fingerprint density at radius 1 is 1.56 bits per heavy atom. The Labute approximate surface area is 90.9 Å². The first kappa shape index (κ1) is 12.0. The van der Waals surface area contributed by atoms with Crippen molar-refractivity contribution in [3.05, 3.63) is 12.2 Å². The average molecular weight is 230 g/mol. The molecule has 7 heteroatoms. The topological polar surface area (TPSA) is 88.1 Å². The number of ether oxygens (including phenoxy) is 4. The molecule has 1 fully saturated rings. The summed E-state index contributed by atoms with van der Waals surface area (Å²) in [5.41, 5.74) is -0.0438. The van der Waals surface area contributed by atoms with Crippen LogP contribution in [0.25, 0.3) is 0 Å². The van der Waals surface area contributed by atoms with Crippen molar-refractivity contribution in [3.8, 4) is 0 Å². The Morgan fingerprint density at radius 3 is 2.75 bits per heavy atom. The van der Waals surface area contributed by atoms with Gasteiger partial charge in [-0.05, 0) is 0 Å². The van der Waals surface area contributed by atoms with E-state index in [9.17, 15) is 14.4 Å². The van der Waals surface area contributed by atoms with Crippen LogP contribution in [-0.2, 0) is 28.5 Å². The number of cyclic esters (lactones) is 2. The first-order valence-electron chi connectivity index (χ1n) is 4.32. The molecule has 0 N–H and O–H groups in total. The summed E-state index contributed by atoms with van der Waals surface area (Å²) in [6, 6.07) is 0. The van der Waals surface area contributed by atoms with Gasteiger partial charge in [0, 0.05) is 5.57 Å². The van der Waals surface area contributed by atoms with Crippen molar-refractivity contribution in [1.29, 1.82) is 0 Å². The maximum Gasteiger partial charge on any atom is 0.511 e. The lowest BCUT2D eigenvalue weighted by Gasteiger charge is -2.08. The molecule has 0 aromatic heterocycles. The van der Waals surface area contributed by atoms with Crippen molar-refractivity contribution in [2.45, 2.75) is 12.7 Å². The van der Waals surface area contributed by atoms with Gasteiger partial charge in [0.25, 0.3) is 6.29 Å². The van der Waals surface area contributed by atoms with Gasteiger partial charge in [-0.3, -0.25) is 4.79 Å². The largest absolute Gasteiger partial charge is 0.511 e. The summed E-state index contributed by atoms with van der Waals surface area (Å²) >= 11 is 0. The zero-order valence-corrected chi connectivity index (χ0v) is 8.56. The molecule has 1 aliphatic rings. The number of carbonyl (C=O) groups is 3. The van der Waals surface area contributed by atoms with Crippen LogP contribution >= 0.6 is 0 Å². The maximum atomic E-state index is 11.2. The van der Waals surface area contributed by atoms with Gasteiger partial charge >= 0.3 is 18.1 Å². The highest BCUT2D eigenvalue weighted by Crippen LogP contribution is 2.10. The second-order valence-electron chi connectivity index (χ2n) is 2.87. The van der Waals surface area contributed by atoms with Crippen molar-refractivity contribution in [1.82, 2.24) is 0 Å². The monoisotopic (exact) mass is 230 g/mol. The zero-order chi connectivity index (χ0) is 12.1. The molecule has 1 aliphatic heterocycles. The fourth-order valence-electron chi connectivity index (χ4n) is 0.949. The van der Waals surface area contributed by atoms with Crippen molar-refractivity contribution >= 4 is 18.1 Å².